The van der Waals surface area contributed by atoms with Crippen LogP contribution in [0.15, 0.2) is 24.3 Å². The number of nitrogens with zero attached hydrogens (tertiary/aromatic N) is 3. The number of aryl methyl sites for hydroxylation is 1. The first-order valence-electron chi connectivity index (χ1n) is 9.79. The topological polar surface area (TPSA) is 60.9 Å². The van der Waals surface area contributed by atoms with Crippen LogP contribution >= 0.6 is 0 Å². The van der Waals surface area contributed by atoms with Gasteiger partial charge < -0.3 is 14.7 Å². The predicted molar refractivity (Wildman–Crippen MR) is 103 cm³/mol. The van der Waals surface area contributed by atoms with Gasteiger partial charge in [-0.05, 0) is 37.0 Å². The second kappa shape index (κ2) is 8.11. The minimum absolute atomic E-state index is 0.00930. The van der Waals surface area contributed by atoms with Crippen LogP contribution < -0.4 is 0 Å². The number of fused-ring (bicyclic) bond motifs is 4. The molecule has 0 unspecified atom stereocenters. The molecule has 3 fully saturated rings. The van der Waals surface area contributed by atoms with Crippen LogP contribution in [0.3, 0.4) is 0 Å². The van der Waals surface area contributed by atoms with Crippen molar-refractivity contribution in [3.05, 3.63) is 35.4 Å². The summed E-state index contributed by atoms with van der Waals surface area (Å²) in [5.74, 6) is -0.305. The van der Waals surface area contributed by atoms with Crippen molar-refractivity contribution < 1.29 is 14.4 Å². The van der Waals surface area contributed by atoms with Crippen molar-refractivity contribution >= 4 is 17.7 Å². The van der Waals surface area contributed by atoms with E-state index >= 15 is 0 Å². The normalized spacial score (nSPS) is 22.0. The Balaban J connectivity index is 1.74. The first kappa shape index (κ1) is 19.4. The molecule has 0 aromatic heterocycles. The SMILES string of the molecule is CCCc1ccc(C(=O)N2C[C@H]3CC[C@@H](C2)N(CC(=O)N(C)C)C3=O)cc1. The molecule has 0 aliphatic carbocycles. The van der Waals surface area contributed by atoms with E-state index in [1.165, 1.54) is 10.5 Å². The van der Waals surface area contributed by atoms with Crippen LogP contribution in [0.5, 0.6) is 0 Å². The van der Waals surface area contributed by atoms with Crippen LogP contribution in [0.25, 0.3) is 0 Å². The Morgan fingerprint density at radius 1 is 1.11 bits per heavy atom. The zero-order valence-corrected chi connectivity index (χ0v) is 16.5. The van der Waals surface area contributed by atoms with E-state index in [1.54, 1.807) is 23.9 Å². The van der Waals surface area contributed by atoms with E-state index in [-0.39, 0.29) is 36.2 Å². The standard InChI is InChI=1S/C21H29N3O3/c1-4-5-15-6-8-16(9-7-15)20(26)23-12-17-10-11-18(13-23)24(21(17)27)14-19(25)22(2)3/h6-9,17-18H,4-5,10-14H2,1-3H3/t17-,18+/m1/s1. The Kier molecular flexibility index (Phi) is 5.82. The number of rotatable bonds is 5. The molecule has 146 valence electrons. The highest BCUT2D eigenvalue weighted by Crippen LogP contribution is 2.30. The van der Waals surface area contributed by atoms with Gasteiger partial charge in [0.25, 0.3) is 5.91 Å². The van der Waals surface area contributed by atoms with Crippen molar-refractivity contribution in [2.24, 2.45) is 5.92 Å². The number of carbonyl (C=O) groups is 3. The monoisotopic (exact) mass is 371 g/mol. The molecule has 6 heteroatoms. The van der Waals surface area contributed by atoms with Crippen LogP contribution in [-0.4, -0.2) is 72.2 Å². The molecule has 2 bridgehead atoms. The van der Waals surface area contributed by atoms with Gasteiger partial charge in [0, 0.05) is 38.8 Å². The molecular formula is C21H29N3O3. The molecule has 3 saturated heterocycles. The van der Waals surface area contributed by atoms with E-state index in [2.05, 4.69) is 6.92 Å². The second-order valence-electron chi connectivity index (χ2n) is 7.84. The molecule has 0 saturated carbocycles. The van der Waals surface area contributed by atoms with Crippen molar-refractivity contribution in [3.8, 4) is 0 Å². The highest BCUT2D eigenvalue weighted by Gasteiger charge is 2.42. The summed E-state index contributed by atoms with van der Waals surface area (Å²) in [6.07, 6.45) is 3.71. The third-order valence-corrected chi connectivity index (χ3v) is 5.62. The molecule has 3 aliphatic heterocycles. The summed E-state index contributed by atoms with van der Waals surface area (Å²) in [5, 5.41) is 0. The van der Waals surface area contributed by atoms with E-state index in [0.29, 0.717) is 18.7 Å². The molecule has 6 nitrogen and oxygen atoms in total. The van der Waals surface area contributed by atoms with Crippen molar-refractivity contribution in [1.82, 2.24) is 14.7 Å². The molecule has 3 aliphatic rings. The fraction of sp³-hybridized carbons (Fsp3) is 0.571. The minimum atomic E-state index is -0.206. The smallest absolute Gasteiger partial charge is 0.253 e. The lowest BCUT2D eigenvalue weighted by molar-refractivity contribution is -0.145. The average Bonchev–Trinajstić information content (AvgIpc) is 2.94. The third kappa shape index (κ3) is 4.15. The van der Waals surface area contributed by atoms with Crippen LogP contribution in [0.2, 0.25) is 0 Å². The van der Waals surface area contributed by atoms with Crippen molar-refractivity contribution in [2.45, 2.75) is 38.6 Å². The Morgan fingerprint density at radius 2 is 1.81 bits per heavy atom. The molecule has 27 heavy (non-hydrogen) atoms. The molecule has 3 heterocycles. The molecule has 0 radical (unpaired) electrons. The van der Waals surface area contributed by atoms with E-state index in [4.69, 9.17) is 0 Å². The van der Waals surface area contributed by atoms with Gasteiger partial charge in [0.2, 0.25) is 11.8 Å². The first-order chi connectivity index (χ1) is 12.9. The molecule has 2 atom stereocenters. The Bertz CT molecular complexity index is 714. The van der Waals surface area contributed by atoms with E-state index in [0.717, 1.165) is 25.7 Å². The summed E-state index contributed by atoms with van der Waals surface area (Å²) in [7, 11) is 3.39. The first-order valence-corrected chi connectivity index (χ1v) is 9.79. The maximum absolute atomic E-state index is 13.0. The zero-order chi connectivity index (χ0) is 19.6. The molecule has 0 N–H and O–H groups in total. The van der Waals surface area contributed by atoms with Crippen molar-refractivity contribution in [3.63, 3.8) is 0 Å². The van der Waals surface area contributed by atoms with Gasteiger partial charge in [0.05, 0.1) is 5.92 Å². The third-order valence-electron chi connectivity index (χ3n) is 5.62. The van der Waals surface area contributed by atoms with Gasteiger partial charge in [-0.25, -0.2) is 0 Å². The van der Waals surface area contributed by atoms with Crippen LogP contribution in [0, 0.1) is 5.92 Å². The zero-order valence-electron chi connectivity index (χ0n) is 16.5. The van der Waals surface area contributed by atoms with Gasteiger partial charge >= 0.3 is 0 Å². The van der Waals surface area contributed by atoms with E-state index < -0.39 is 0 Å². The van der Waals surface area contributed by atoms with Gasteiger partial charge in [-0.3, -0.25) is 14.4 Å². The minimum Gasteiger partial charge on any atom is -0.347 e. The van der Waals surface area contributed by atoms with Gasteiger partial charge in [-0.2, -0.15) is 0 Å². The van der Waals surface area contributed by atoms with E-state index in [1.807, 2.05) is 24.3 Å². The Hall–Kier alpha value is -2.37. The summed E-state index contributed by atoms with van der Waals surface area (Å²) in [5.41, 5.74) is 1.90. The fourth-order valence-corrected chi connectivity index (χ4v) is 3.99. The van der Waals surface area contributed by atoms with E-state index in [9.17, 15) is 14.4 Å². The molecule has 1 aromatic rings. The molecule has 0 spiro atoms. The molecular weight excluding hydrogens is 342 g/mol. The second-order valence-corrected chi connectivity index (χ2v) is 7.84. The number of hydrogen-bond donors (Lipinski definition) is 0. The Labute approximate surface area is 161 Å². The van der Waals surface area contributed by atoms with Crippen LogP contribution in [0.1, 0.15) is 42.1 Å². The van der Waals surface area contributed by atoms with Gasteiger partial charge in [-0.1, -0.05) is 25.5 Å². The molecule has 3 amide bonds. The van der Waals surface area contributed by atoms with Gasteiger partial charge in [0.1, 0.15) is 6.54 Å². The van der Waals surface area contributed by atoms with Crippen LogP contribution in [-0.2, 0) is 16.0 Å². The summed E-state index contributed by atoms with van der Waals surface area (Å²) >= 11 is 0. The fourth-order valence-electron chi connectivity index (χ4n) is 3.99. The largest absolute Gasteiger partial charge is 0.347 e. The van der Waals surface area contributed by atoms with Crippen molar-refractivity contribution in [2.75, 3.05) is 33.7 Å². The number of hydrogen-bond acceptors (Lipinski definition) is 3. The number of amides is 3. The average molecular weight is 371 g/mol. The number of piperidine rings is 1. The lowest BCUT2D eigenvalue weighted by atomic mass is 9.94. The highest BCUT2D eigenvalue weighted by atomic mass is 16.2. The maximum atomic E-state index is 13.0. The van der Waals surface area contributed by atoms with Crippen molar-refractivity contribution in [1.29, 1.82) is 0 Å². The van der Waals surface area contributed by atoms with Gasteiger partial charge in [0.15, 0.2) is 0 Å². The maximum Gasteiger partial charge on any atom is 0.253 e. The number of likely N-dealkylation sites (N-methyl/N-ethyl adjacent to an activating group) is 1. The quantitative estimate of drug-likeness (QED) is 0.793. The lowest BCUT2D eigenvalue weighted by Gasteiger charge is -2.35. The highest BCUT2D eigenvalue weighted by molar-refractivity contribution is 5.95. The summed E-state index contributed by atoms with van der Waals surface area (Å²) < 4.78 is 0. The number of carbonyl (C=O) groups excluding carboxylic acids is 3. The molecule has 1 aromatic carbocycles. The number of benzene rings is 1. The van der Waals surface area contributed by atoms with Crippen LogP contribution in [0.4, 0.5) is 0 Å². The summed E-state index contributed by atoms with van der Waals surface area (Å²) in [4.78, 5) is 42.9. The van der Waals surface area contributed by atoms with Gasteiger partial charge in [-0.15, -0.1) is 0 Å². The molecule has 4 rings (SSSR count). The predicted octanol–water partition coefficient (Wildman–Crippen LogP) is 1.79. The summed E-state index contributed by atoms with van der Waals surface area (Å²) in [6.45, 7) is 3.17. The Morgan fingerprint density at radius 3 is 2.44 bits per heavy atom. The lowest BCUT2D eigenvalue weighted by Crippen LogP contribution is -2.51. The summed E-state index contributed by atoms with van der Waals surface area (Å²) in [6, 6.07) is 7.71.